The summed E-state index contributed by atoms with van der Waals surface area (Å²) in [6, 6.07) is 15.3. The largest absolute Gasteiger partial charge is 0.492 e. The van der Waals surface area contributed by atoms with Crippen LogP contribution in [0.25, 0.3) is 10.9 Å². The van der Waals surface area contributed by atoms with E-state index in [4.69, 9.17) is 25.8 Å². The molecule has 4 aromatic rings. The van der Waals surface area contributed by atoms with Gasteiger partial charge in [0.2, 0.25) is 5.91 Å². The standard InChI is InChI=1S/C36H39ClN6O4.2C2H6/c1-5-46-34-19-31-27(18-32(34)42-35(44)7-6-14-43(3)4)36(28(20-38)23(2)40-31)41-26-9-11-33(29(37)17-26)47-22-24-8-10-30(39-21-24)25-12-15-45-16-13-25;2*1-2/h6-11,17-19,21,25H,5,12-16,22H2,1-4H3,(H,40,41)(H,42,44);2*1-2H3/b7-6+;;. The van der Waals surface area contributed by atoms with Gasteiger partial charge in [0.1, 0.15) is 24.2 Å². The smallest absolute Gasteiger partial charge is 0.248 e. The average Bonchev–Trinajstić information content (AvgIpc) is 3.14. The van der Waals surface area contributed by atoms with Crippen molar-refractivity contribution in [2.45, 2.75) is 66.9 Å². The van der Waals surface area contributed by atoms with Crippen LogP contribution in [-0.4, -0.2) is 61.2 Å². The number of carbonyl (C=O) groups is 1. The van der Waals surface area contributed by atoms with E-state index in [0.29, 0.717) is 81.4 Å². The molecule has 1 fully saturated rings. The highest BCUT2D eigenvalue weighted by atomic mass is 35.5. The average molecular weight is 715 g/mol. The Morgan fingerprint density at radius 3 is 2.45 bits per heavy atom. The van der Waals surface area contributed by atoms with Gasteiger partial charge in [0.05, 0.1) is 39.8 Å². The van der Waals surface area contributed by atoms with Crippen molar-refractivity contribution in [3.8, 4) is 17.6 Å². The second kappa shape index (κ2) is 20.9. The van der Waals surface area contributed by atoms with Crippen molar-refractivity contribution in [2.24, 2.45) is 0 Å². The summed E-state index contributed by atoms with van der Waals surface area (Å²) in [7, 11) is 3.85. The van der Waals surface area contributed by atoms with E-state index < -0.39 is 0 Å². The molecule has 3 heterocycles. The molecular formula is C40H51ClN6O4. The normalized spacial score (nSPS) is 12.7. The first kappa shape index (κ1) is 40.7. The first-order valence-corrected chi connectivity index (χ1v) is 18.0. The van der Waals surface area contributed by atoms with Crippen molar-refractivity contribution in [3.63, 3.8) is 0 Å². The number of aryl methyl sites for hydroxylation is 1. The van der Waals surface area contributed by atoms with Gasteiger partial charge in [-0.1, -0.05) is 51.4 Å². The number of aromatic nitrogens is 2. The number of halogens is 1. The number of rotatable bonds is 12. The number of hydrogen-bond acceptors (Lipinski definition) is 9. The predicted molar refractivity (Wildman–Crippen MR) is 207 cm³/mol. The number of likely N-dealkylation sites (N-methyl/N-ethyl adjacent to an activating group) is 1. The van der Waals surface area contributed by atoms with Crippen LogP contribution in [0.3, 0.4) is 0 Å². The summed E-state index contributed by atoms with van der Waals surface area (Å²) in [5, 5.41) is 17.4. The fourth-order valence-corrected chi connectivity index (χ4v) is 5.59. The van der Waals surface area contributed by atoms with E-state index >= 15 is 0 Å². The Hall–Kier alpha value is -4.69. The van der Waals surface area contributed by atoms with Crippen molar-refractivity contribution in [3.05, 3.63) is 88.4 Å². The molecule has 2 aromatic carbocycles. The number of benzene rings is 2. The molecule has 51 heavy (non-hydrogen) atoms. The number of hydrogen-bond donors (Lipinski definition) is 2. The van der Waals surface area contributed by atoms with Gasteiger partial charge in [0, 0.05) is 66.3 Å². The number of amides is 1. The van der Waals surface area contributed by atoms with Gasteiger partial charge in [-0.05, 0) is 71.1 Å². The highest BCUT2D eigenvalue weighted by Crippen LogP contribution is 2.38. The quantitative estimate of drug-likeness (QED) is 0.138. The molecule has 0 aliphatic carbocycles. The number of nitrogens with zero attached hydrogens (tertiary/aromatic N) is 4. The number of nitrogens with one attached hydrogen (secondary N) is 2. The molecule has 5 rings (SSSR count). The highest BCUT2D eigenvalue weighted by Gasteiger charge is 2.19. The predicted octanol–water partition coefficient (Wildman–Crippen LogP) is 9.19. The van der Waals surface area contributed by atoms with E-state index in [-0.39, 0.29) is 5.91 Å². The third-order valence-electron chi connectivity index (χ3n) is 7.76. The fourth-order valence-electron chi connectivity index (χ4n) is 5.36. The number of nitriles is 1. The van der Waals surface area contributed by atoms with Crippen molar-refractivity contribution >= 4 is 45.5 Å². The van der Waals surface area contributed by atoms with Crippen molar-refractivity contribution in [1.29, 1.82) is 5.26 Å². The maximum atomic E-state index is 12.7. The van der Waals surface area contributed by atoms with Gasteiger partial charge >= 0.3 is 0 Å². The SMILES string of the molecule is CC.CC.CCOc1cc2nc(C)c(C#N)c(Nc3ccc(OCc4ccc(C5CCOCC5)nc4)c(Cl)c3)c2cc1NC(=O)/C=C/CN(C)C. The van der Waals surface area contributed by atoms with Crippen LogP contribution in [0, 0.1) is 18.3 Å². The van der Waals surface area contributed by atoms with E-state index in [2.05, 4.69) is 32.7 Å². The van der Waals surface area contributed by atoms with Crippen LogP contribution in [0.4, 0.5) is 17.1 Å². The Morgan fingerprint density at radius 1 is 1.08 bits per heavy atom. The Labute approximate surface area is 307 Å². The summed E-state index contributed by atoms with van der Waals surface area (Å²) in [4.78, 5) is 24.0. The van der Waals surface area contributed by atoms with Crippen LogP contribution in [0.15, 0.2) is 60.8 Å². The van der Waals surface area contributed by atoms with Crippen LogP contribution in [0.2, 0.25) is 5.02 Å². The van der Waals surface area contributed by atoms with Gasteiger partial charge in [-0.3, -0.25) is 14.8 Å². The van der Waals surface area contributed by atoms with Crippen LogP contribution in [0.5, 0.6) is 11.5 Å². The molecule has 10 nitrogen and oxygen atoms in total. The van der Waals surface area contributed by atoms with Crippen LogP contribution < -0.4 is 20.1 Å². The summed E-state index contributed by atoms with van der Waals surface area (Å²) in [6.07, 6.45) is 7.09. The Kier molecular flexibility index (Phi) is 16.7. The lowest BCUT2D eigenvalue weighted by atomic mass is 9.96. The second-order valence-corrected chi connectivity index (χ2v) is 12.0. The third-order valence-corrected chi connectivity index (χ3v) is 8.05. The molecule has 11 heteroatoms. The van der Waals surface area contributed by atoms with Crippen LogP contribution >= 0.6 is 11.6 Å². The monoisotopic (exact) mass is 714 g/mol. The van der Waals surface area contributed by atoms with Crippen LogP contribution in [0.1, 0.15) is 75.9 Å². The molecule has 2 N–H and O–H groups in total. The Bertz CT molecular complexity index is 1800. The van der Waals surface area contributed by atoms with Gasteiger partial charge in [-0.2, -0.15) is 5.26 Å². The van der Waals surface area contributed by atoms with Crippen molar-refractivity contribution < 1.29 is 19.0 Å². The molecule has 0 saturated carbocycles. The molecular weight excluding hydrogens is 664 g/mol. The first-order chi connectivity index (χ1) is 24.7. The first-order valence-electron chi connectivity index (χ1n) is 17.6. The number of fused-ring (bicyclic) bond motifs is 1. The lowest BCUT2D eigenvalue weighted by Gasteiger charge is -2.21. The zero-order chi connectivity index (χ0) is 37.3. The number of ether oxygens (including phenoxy) is 3. The molecule has 1 saturated heterocycles. The summed E-state index contributed by atoms with van der Waals surface area (Å²) < 4.78 is 17.3. The van der Waals surface area contributed by atoms with E-state index in [1.165, 1.54) is 6.08 Å². The molecule has 0 atom stereocenters. The van der Waals surface area contributed by atoms with Crippen molar-refractivity contribution in [1.82, 2.24) is 14.9 Å². The van der Waals surface area contributed by atoms with Crippen LogP contribution in [-0.2, 0) is 16.1 Å². The lowest BCUT2D eigenvalue weighted by Crippen LogP contribution is -2.15. The zero-order valence-corrected chi connectivity index (χ0v) is 31.9. The minimum Gasteiger partial charge on any atom is -0.492 e. The molecule has 1 aliphatic rings. The summed E-state index contributed by atoms with van der Waals surface area (Å²) in [6.45, 7) is 14.5. The van der Waals surface area contributed by atoms with Gasteiger partial charge in [-0.25, -0.2) is 0 Å². The minimum absolute atomic E-state index is 0.296. The number of pyridine rings is 2. The zero-order valence-electron chi connectivity index (χ0n) is 31.1. The summed E-state index contributed by atoms with van der Waals surface area (Å²) >= 11 is 6.67. The topological polar surface area (TPSA) is 122 Å². The molecule has 1 amide bonds. The molecule has 0 bridgehead atoms. The number of carbonyl (C=O) groups excluding carboxylic acids is 1. The Balaban J connectivity index is 0.00000169. The molecule has 272 valence electrons. The second-order valence-electron chi connectivity index (χ2n) is 11.5. The van der Waals surface area contributed by atoms with Gasteiger partial charge in [0.15, 0.2) is 0 Å². The van der Waals surface area contributed by atoms with Gasteiger partial charge < -0.3 is 29.7 Å². The minimum atomic E-state index is -0.296. The molecule has 0 radical (unpaired) electrons. The fraction of sp³-hybridized carbons (Fsp3) is 0.400. The van der Waals surface area contributed by atoms with E-state index in [9.17, 15) is 10.1 Å². The number of anilines is 3. The molecule has 1 aliphatic heterocycles. The molecule has 2 aromatic heterocycles. The third kappa shape index (κ3) is 11.4. The summed E-state index contributed by atoms with van der Waals surface area (Å²) in [5.41, 5.74) is 5.22. The van der Waals surface area contributed by atoms with E-state index in [1.807, 2.05) is 71.9 Å². The van der Waals surface area contributed by atoms with Gasteiger partial charge in [-0.15, -0.1) is 0 Å². The van der Waals surface area contributed by atoms with Crippen molar-refractivity contribution in [2.75, 3.05) is 51.1 Å². The van der Waals surface area contributed by atoms with E-state index in [1.54, 1.807) is 37.3 Å². The maximum Gasteiger partial charge on any atom is 0.248 e. The Morgan fingerprint density at radius 2 is 1.82 bits per heavy atom. The molecule has 0 unspecified atom stereocenters. The molecule has 0 spiro atoms. The van der Waals surface area contributed by atoms with Gasteiger partial charge in [0.25, 0.3) is 0 Å². The van der Waals surface area contributed by atoms with E-state index in [0.717, 1.165) is 37.3 Å². The highest BCUT2D eigenvalue weighted by molar-refractivity contribution is 6.32. The summed E-state index contributed by atoms with van der Waals surface area (Å²) in [5.74, 6) is 1.14. The maximum absolute atomic E-state index is 12.7. The lowest BCUT2D eigenvalue weighted by molar-refractivity contribution is -0.111.